The molecular weight excluding hydrogens is 272 g/mol. The van der Waals surface area contributed by atoms with Crippen LogP contribution in [-0.2, 0) is 9.59 Å². The van der Waals surface area contributed by atoms with Crippen LogP contribution in [0.25, 0.3) is 0 Å². The summed E-state index contributed by atoms with van der Waals surface area (Å²) in [5, 5.41) is 13.6. The van der Waals surface area contributed by atoms with E-state index in [4.69, 9.17) is 4.74 Å². The van der Waals surface area contributed by atoms with Crippen LogP contribution >= 0.6 is 0 Å². The van der Waals surface area contributed by atoms with Crippen LogP contribution in [0.1, 0.15) is 12.8 Å². The molecule has 21 heavy (non-hydrogen) atoms. The molecule has 2 N–H and O–H groups in total. The first-order chi connectivity index (χ1) is 10.1. The number of hydrogen-bond donors (Lipinski definition) is 2. The lowest BCUT2D eigenvalue weighted by atomic mass is 9.97. The number of carboxylic acid groups (broad SMARTS) is 1. The van der Waals surface area contributed by atoms with Gasteiger partial charge in [-0.15, -0.1) is 0 Å². The van der Waals surface area contributed by atoms with E-state index in [1.807, 2.05) is 12.1 Å². The van der Waals surface area contributed by atoms with Gasteiger partial charge in [0.05, 0.1) is 25.9 Å². The summed E-state index contributed by atoms with van der Waals surface area (Å²) in [6, 6.07) is 7.24. The molecular formula is C15H20N2O4. The molecule has 0 bridgehead atoms. The second kappa shape index (κ2) is 7.08. The number of para-hydroxylation sites is 2. The molecule has 1 aromatic carbocycles. The van der Waals surface area contributed by atoms with Crippen LogP contribution in [0.2, 0.25) is 0 Å². The monoisotopic (exact) mass is 292 g/mol. The van der Waals surface area contributed by atoms with E-state index in [0.29, 0.717) is 43.9 Å². The molecule has 1 aliphatic heterocycles. The zero-order valence-electron chi connectivity index (χ0n) is 12.1. The molecule has 0 atom stereocenters. The fourth-order valence-corrected chi connectivity index (χ4v) is 2.61. The van der Waals surface area contributed by atoms with Gasteiger partial charge >= 0.3 is 0 Å². The van der Waals surface area contributed by atoms with E-state index < -0.39 is 5.97 Å². The minimum Gasteiger partial charge on any atom is -0.550 e. The van der Waals surface area contributed by atoms with Crippen LogP contribution < -0.4 is 20.1 Å². The molecule has 6 heteroatoms. The number of quaternary nitrogens is 1. The maximum atomic E-state index is 12.0. The Morgan fingerprint density at radius 3 is 2.62 bits per heavy atom. The molecule has 0 spiro atoms. The minimum atomic E-state index is -0.979. The number of piperidine rings is 1. The molecule has 1 aliphatic rings. The van der Waals surface area contributed by atoms with Gasteiger partial charge in [-0.2, -0.15) is 0 Å². The summed E-state index contributed by atoms with van der Waals surface area (Å²) >= 11 is 0. The third-order valence-corrected chi connectivity index (χ3v) is 3.82. The zero-order chi connectivity index (χ0) is 15.2. The lowest BCUT2D eigenvalue weighted by Crippen LogP contribution is -3.14. The van der Waals surface area contributed by atoms with Crippen LogP contribution in [-0.4, -0.2) is 38.6 Å². The highest BCUT2D eigenvalue weighted by molar-refractivity contribution is 5.92. The molecule has 2 rings (SSSR count). The van der Waals surface area contributed by atoms with Gasteiger partial charge in [-0.25, -0.2) is 0 Å². The van der Waals surface area contributed by atoms with E-state index in [0.717, 1.165) is 4.90 Å². The van der Waals surface area contributed by atoms with E-state index in [1.54, 1.807) is 19.2 Å². The van der Waals surface area contributed by atoms with Gasteiger partial charge in [-0.1, -0.05) is 12.1 Å². The molecule has 1 aromatic rings. The molecule has 114 valence electrons. The number of amides is 1. The third kappa shape index (κ3) is 4.19. The Kier molecular flexibility index (Phi) is 5.16. The van der Waals surface area contributed by atoms with Gasteiger partial charge < -0.3 is 24.9 Å². The van der Waals surface area contributed by atoms with Crippen LogP contribution in [0.15, 0.2) is 24.3 Å². The number of ether oxygens (including phenoxy) is 1. The zero-order valence-corrected chi connectivity index (χ0v) is 12.1. The summed E-state index contributed by atoms with van der Waals surface area (Å²) in [6.07, 6.45) is 1.14. The predicted molar refractivity (Wildman–Crippen MR) is 74.9 cm³/mol. The Hall–Kier alpha value is -2.08. The SMILES string of the molecule is COc1ccccc1NC(=O)C[NH+]1CCC(C(=O)[O-])CC1. The lowest BCUT2D eigenvalue weighted by Gasteiger charge is -2.29. The number of carbonyl (C=O) groups is 2. The Balaban J connectivity index is 1.84. The number of carbonyl (C=O) groups excluding carboxylic acids is 2. The Bertz CT molecular complexity index is 510. The molecule has 6 nitrogen and oxygen atoms in total. The maximum absolute atomic E-state index is 12.0. The largest absolute Gasteiger partial charge is 0.550 e. The van der Waals surface area contributed by atoms with E-state index in [-0.39, 0.29) is 11.8 Å². The number of hydrogen-bond acceptors (Lipinski definition) is 4. The van der Waals surface area contributed by atoms with Gasteiger partial charge in [-0.3, -0.25) is 4.79 Å². The quantitative estimate of drug-likeness (QED) is 0.705. The van der Waals surface area contributed by atoms with Crippen molar-refractivity contribution >= 4 is 17.6 Å². The van der Waals surface area contributed by atoms with Crippen molar-refractivity contribution in [3.8, 4) is 5.75 Å². The minimum absolute atomic E-state index is 0.0959. The number of rotatable bonds is 5. The molecule has 0 aromatic heterocycles. The normalized spacial score (nSPS) is 21.6. The van der Waals surface area contributed by atoms with Crippen LogP contribution in [0.4, 0.5) is 5.69 Å². The van der Waals surface area contributed by atoms with Crippen molar-refractivity contribution in [2.45, 2.75) is 12.8 Å². The number of aliphatic carboxylic acids is 1. The number of carboxylic acids is 1. The van der Waals surface area contributed by atoms with Crippen molar-refractivity contribution in [2.24, 2.45) is 5.92 Å². The molecule has 0 radical (unpaired) electrons. The van der Waals surface area contributed by atoms with Crippen molar-refractivity contribution in [1.29, 1.82) is 0 Å². The van der Waals surface area contributed by atoms with E-state index in [1.165, 1.54) is 0 Å². The average molecular weight is 292 g/mol. The van der Waals surface area contributed by atoms with Crippen molar-refractivity contribution in [1.82, 2.24) is 0 Å². The second-order valence-electron chi connectivity index (χ2n) is 5.27. The van der Waals surface area contributed by atoms with E-state index >= 15 is 0 Å². The van der Waals surface area contributed by atoms with Gasteiger partial charge in [0.2, 0.25) is 0 Å². The summed E-state index contributed by atoms with van der Waals surface area (Å²) in [4.78, 5) is 23.9. The van der Waals surface area contributed by atoms with Crippen molar-refractivity contribution in [3.05, 3.63) is 24.3 Å². The van der Waals surface area contributed by atoms with Gasteiger partial charge in [0.15, 0.2) is 6.54 Å². The maximum Gasteiger partial charge on any atom is 0.279 e. The van der Waals surface area contributed by atoms with Gasteiger partial charge in [0, 0.05) is 24.7 Å². The highest BCUT2D eigenvalue weighted by Crippen LogP contribution is 2.22. The topological polar surface area (TPSA) is 82.9 Å². The Morgan fingerprint density at radius 2 is 2.00 bits per heavy atom. The fourth-order valence-electron chi connectivity index (χ4n) is 2.61. The standard InChI is InChI=1S/C15H20N2O4/c1-21-13-5-3-2-4-12(13)16-14(18)10-17-8-6-11(7-9-17)15(19)20/h2-5,11H,6-10H2,1H3,(H,16,18)(H,19,20). The van der Waals surface area contributed by atoms with Crippen molar-refractivity contribution < 1.29 is 24.3 Å². The van der Waals surface area contributed by atoms with Gasteiger partial charge in [0.25, 0.3) is 5.91 Å². The summed E-state index contributed by atoms with van der Waals surface area (Å²) < 4.78 is 5.18. The highest BCUT2D eigenvalue weighted by atomic mass is 16.5. The first-order valence-corrected chi connectivity index (χ1v) is 7.07. The summed E-state index contributed by atoms with van der Waals surface area (Å²) in [7, 11) is 1.56. The van der Waals surface area contributed by atoms with Crippen molar-refractivity contribution in [2.75, 3.05) is 32.1 Å². The van der Waals surface area contributed by atoms with Gasteiger partial charge in [-0.05, 0) is 12.1 Å². The molecule has 1 fully saturated rings. The summed E-state index contributed by atoms with van der Waals surface area (Å²) in [5.41, 5.74) is 0.647. The number of nitrogens with one attached hydrogen (secondary N) is 2. The Morgan fingerprint density at radius 1 is 1.33 bits per heavy atom. The smallest absolute Gasteiger partial charge is 0.279 e. The molecule has 0 aliphatic carbocycles. The number of anilines is 1. The second-order valence-corrected chi connectivity index (χ2v) is 5.27. The summed E-state index contributed by atoms with van der Waals surface area (Å²) in [5.74, 6) is -0.823. The predicted octanol–water partition coefficient (Wildman–Crippen LogP) is -1.32. The van der Waals surface area contributed by atoms with Crippen molar-refractivity contribution in [3.63, 3.8) is 0 Å². The molecule has 1 amide bonds. The molecule has 1 heterocycles. The van der Waals surface area contributed by atoms with Crippen LogP contribution in [0.3, 0.4) is 0 Å². The lowest BCUT2D eigenvalue weighted by molar-refractivity contribution is -0.897. The average Bonchev–Trinajstić information content (AvgIpc) is 2.48. The highest BCUT2D eigenvalue weighted by Gasteiger charge is 2.24. The van der Waals surface area contributed by atoms with E-state index in [2.05, 4.69) is 5.32 Å². The first kappa shape index (κ1) is 15.3. The Labute approximate surface area is 123 Å². The number of benzene rings is 1. The first-order valence-electron chi connectivity index (χ1n) is 7.07. The van der Waals surface area contributed by atoms with Gasteiger partial charge in [0.1, 0.15) is 5.75 Å². The van der Waals surface area contributed by atoms with Crippen LogP contribution in [0.5, 0.6) is 5.75 Å². The molecule has 0 saturated carbocycles. The molecule has 1 saturated heterocycles. The molecule has 0 unspecified atom stereocenters. The number of likely N-dealkylation sites (tertiary alicyclic amines) is 1. The number of methoxy groups -OCH3 is 1. The third-order valence-electron chi connectivity index (χ3n) is 3.82. The summed E-state index contributed by atoms with van der Waals surface area (Å²) in [6.45, 7) is 1.69. The fraction of sp³-hybridized carbons (Fsp3) is 0.467. The van der Waals surface area contributed by atoms with Crippen LogP contribution in [0, 0.1) is 5.92 Å². The van der Waals surface area contributed by atoms with E-state index in [9.17, 15) is 14.7 Å².